The number of rotatable bonds is 6. The van der Waals surface area contributed by atoms with E-state index in [-0.39, 0.29) is 11.4 Å². The average molecular weight is 305 g/mol. The summed E-state index contributed by atoms with van der Waals surface area (Å²) in [6.07, 6.45) is 1.68. The maximum Gasteiger partial charge on any atom is 0.240 e. The fourth-order valence-corrected chi connectivity index (χ4v) is 2.98. The lowest BCUT2D eigenvalue weighted by atomic mass is 10.2. The number of sulfonamides is 1. The molecular weight excluding hydrogens is 286 g/mol. The van der Waals surface area contributed by atoms with E-state index in [4.69, 9.17) is 0 Å². The minimum Gasteiger partial charge on any atom is -0.316 e. The zero-order valence-electron chi connectivity index (χ0n) is 12.1. The fraction of sp³-hybridized carbons (Fsp3) is 0.267. The highest BCUT2D eigenvalue weighted by atomic mass is 32.2. The van der Waals surface area contributed by atoms with Crippen molar-refractivity contribution >= 4 is 10.0 Å². The molecule has 5 nitrogen and oxygen atoms in total. The van der Waals surface area contributed by atoms with Crippen molar-refractivity contribution in [1.29, 1.82) is 0 Å². The predicted molar refractivity (Wildman–Crippen MR) is 82.2 cm³/mol. The van der Waals surface area contributed by atoms with E-state index >= 15 is 0 Å². The molecule has 0 aliphatic heterocycles. The Morgan fingerprint density at radius 2 is 1.90 bits per heavy atom. The smallest absolute Gasteiger partial charge is 0.240 e. The van der Waals surface area contributed by atoms with E-state index in [1.807, 2.05) is 32.2 Å². The Morgan fingerprint density at radius 3 is 2.57 bits per heavy atom. The molecule has 112 valence electrons. The van der Waals surface area contributed by atoms with E-state index < -0.39 is 10.0 Å². The van der Waals surface area contributed by atoms with Gasteiger partial charge in [0.05, 0.1) is 4.90 Å². The summed E-state index contributed by atoms with van der Waals surface area (Å²) < 4.78 is 27.1. The summed E-state index contributed by atoms with van der Waals surface area (Å²) >= 11 is 0. The third-order valence-corrected chi connectivity index (χ3v) is 4.43. The SMILES string of the molecule is CNCc1cccc(S(=O)(=O)NCc2ccc(C)nc2)c1. The van der Waals surface area contributed by atoms with Gasteiger partial charge < -0.3 is 5.32 Å². The molecule has 0 radical (unpaired) electrons. The van der Waals surface area contributed by atoms with Gasteiger partial charge in [0.15, 0.2) is 0 Å². The molecule has 0 aliphatic rings. The molecule has 2 N–H and O–H groups in total. The van der Waals surface area contributed by atoms with Crippen molar-refractivity contribution in [2.24, 2.45) is 0 Å². The Kier molecular flexibility index (Phi) is 5.06. The molecule has 0 atom stereocenters. The summed E-state index contributed by atoms with van der Waals surface area (Å²) in [6.45, 7) is 2.75. The first-order valence-corrected chi connectivity index (χ1v) is 8.14. The number of benzene rings is 1. The van der Waals surface area contributed by atoms with Gasteiger partial charge in [0.1, 0.15) is 0 Å². The second-order valence-electron chi connectivity index (χ2n) is 4.81. The zero-order valence-corrected chi connectivity index (χ0v) is 12.9. The molecule has 0 amide bonds. The van der Waals surface area contributed by atoms with Crippen LogP contribution in [0.4, 0.5) is 0 Å². The van der Waals surface area contributed by atoms with E-state index in [0.717, 1.165) is 16.8 Å². The van der Waals surface area contributed by atoms with Gasteiger partial charge in [0.2, 0.25) is 10.0 Å². The summed E-state index contributed by atoms with van der Waals surface area (Å²) in [4.78, 5) is 4.42. The molecule has 0 saturated heterocycles. The van der Waals surface area contributed by atoms with Crippen LogP contribution < -0.4 is 10.0 Å². The van der Waals surface area contributed by atoms with Crippen LogP contribution in [0.1, 0.15) is 16.8 Å². The highest BCUT2D eigenvalue weighted by Gasteiger charge is 2.14. The van der Waals surface area contributed by atoms with Gasteiger partial charge in [0, 0.05) is 25.0 Å². The van der Waals surface area contributed by atoms with Gasteiger partial charge in [-0.1, -0.05) is 18.2 Å². The minimum atomic E-state index is -3.51. The largest absolute Gasteiger partial charge is 0.316 e. The normalized spacial score (nSPS) is 11.5. The van der Waals surface area contributed by atoms with Crippen LogP contribution in [0.5, 0.6) is 0 Å². The Hall–Kier alpha value is -1.76. The van der Waals surface area contributed by atoms with Crippen molar-refractivity contribution in [2.45, 2.75) is 24.9 Å². The number of aryl methyl sites for hydroxylation is 1. The highest BCUT2D eigenvalue weighted by Crippen LogP contribution is 2.12. The van der Waals surface area contributed by atoms with E-state index in [2.05, 4.69) is 15.0 Å². The number of pyridine rings is 1. The molecule has 0 saturated carbocycles. The lowest BCUT2D eigenvalue weighted by molar-refractivity contribution is 0.581. The molecular formula is C15H19N3O2S. The third-order valence-electron chi connectivity index (χ3n) is 3.03. The van der Waals surface area contributed by atoms with Gasteiger partial charge in [-0.15, -0.1) is 0 Å². The first kappa shape index (κ1) is 15.6. The maximum atomic E-state index is 12.3. The number of hydrogen-bond donors (Lipinski definition) is 2. The topological polar surface area (TPSA) is 71.1 Å². The van der Waals surface area contributed by atoms with Gasteiger partial charge in [-0.3, -0.25) is 4.98 Å². The summed E-state index contributed by atoms with van der Waals surface area (Å²) in [5.74, 6) is 0. The van der Waals surface area contributed by atoms with Crippen LogP contribution >= 0.6 is 0 Å². The van der Waals surface area contributed by atoms with Gasteiger partial charge in [-0.2, -0.15) is 0 Å². The average Bonchev–Trinajstić information content (AvgIpc) is 2.47. The van der Waals surface area contributed by atoms with Crippen LogP contribution in [0, 0.1) is 6.92 Å². The van der Waals surface area contributed by atoms with E-state index in [9.17, 15) is 8.42 Å². The predicted octanol–water partition coefficient (Wildman–Crippen LogP) is 1.59. The van der Waals surface area contributed by atoms with Crippen LogP contribution in [-0.4, -0.2) is 20.4 Å². The Bertz CT molecular complexity index is 697. The first-order chi connectivity index (χ1) is 10.0. The molecule has 21 heavy (non-hydrogen) atoms. The van der Waals surface area contributed by atoms with Crippen molar-refractivity contribution in [3.05, 3.63) is 59.4 Å². The van der Waals surface area contributed by atoms with Gasteiger partial charge in [-0.05, 0) is 43.3 Å². The van der Waals surface area contributed by atoms with Gasteiger partial charge in [-0.25, -0.2) is 13.1 Å². The number of nitrogens with zero attached hydrogens (tertiary/aromatic N) is 1. The van der Waals surface area contributed by atoms with E-state index in [1.54, 1.807) is 24.4 Å². The number of hydrogen-bond acceptors (Lipinski definition) is 4. The second-order valence-corrected chi connectivity index (χ2v) is 6.58. The molecule has 0 aliphatic carbocycles. The summed E-state index contributed by atoms with van der Waals surface area (Å²) in [7, 11) is -1.69. The standard InChI is InChI=1S/C15H19N3O2S/c1-12-6-7-14(10-17-12)11-18-21(19,20)15-5-3-4-13(8-15)9-16-2/h3-8,10,16,18H,9,11H2,1-2H3. The number of nitrogens with one attached hydrogen (secondary N) is 2. The summed E-state index contributed by atoms with van der Waals surface area (Å²) in [5, 5.41) is 3.00. The summed E-state index contributed by atoms with van der Waals surface area (Å²) in [6, 6.07) is 10.6. The molecule has 1 aromatic carbocycles. The molecule has 1 aromatic heterocycles. The Labute approximate surface area is 125 Å². The van der Waals surface area contributed by atoms with Gasteiger partial charge >= 0.3 is 0 Å². The zero-order chi connectivity index (χ0) is 15.3. The monoisotopic (exact) mass is 305 g/mol. The van der Waals surface area contributed by atoms with Crippen LogP contribution in [0.15, 0.2) is 47.5 Å². The van der Waals surface area contributed by atoms with Crippen molar-refractivity contribution in [3.8, 4) is 0 Å². The molecule has 0 unspecified atom stereocenters. The maximum absolute atomic E-state index is 12.3. The van der Waals surface area contributed by atoms with Crippen molar-refractivity contribution in [3.63, 3.8) is 0 Å². The molecule has 0 bridgehead atoms. The third kappa shape index (κ3) is 4.35. The minimum absolute atomic E-state index is 0.228. The molecule has 1 heterocycles. The van der Waals surface area contributed by atoms with Gasteiger partial charge in [0.25, 0.3) is 0 Å². The van der Waals surface area contributed by atoms with Crippen LogP contribution in [0.2, 0.25) is 0 Å². The lowest BCUT2D eigenvalue weighted by Gasteiger charge is -2.08. The molecule has 2 rings (SSSR count). The Morgan fingerprint density at radius 1 is 1.10 bits per heavy atom. The lowest BCUT2D eigenvalue weighted by Crippen LogP contribution is -2.23. The first-order valence-electron chi connectivity index (χ1n) is 6.66. The second kappa shape index (κ2) is 6.80. The molecule has 2 aromatic rings. The van der Waals surface area contributed by atoms with Crippen LogP contribution in [0.25, 0.3) is 0 Å². The van der Waals surface area contributed by atoms with Crippen molar-refractivity contribution in [1.82, 2.24) is 15.0 Å². The fourth-order valence-electron chi connectivity index (χ4n) is 1.89. The molecule has 6 heteroatoms. The van der Waals surface area contributed by atoms with E-state index in [1.165, 1.54) is 0 Å². The molecule has 0 spiro atoms. The van der Waals surface area contributed by atoms with Crippen LogP contribution in [-0.2, 0) is 23.1 Å². The highest BCUT2D eigenvalue weighted by molar-refractivity contribution is 7.89. The number of aromatic nitrogens is 1. The quantitative estimate of drug-likeness (QED) is 0.850. The molecule has 0 fully saturated rings. The van der Waals surface area contributed by atoms with Crippen molar-refractivity contribution in [2.75, 3.05) is 7.05 Å². The summed E-state index contributed by atoms with van der Waals surface area (Å²) in [5.41, 5.74) is 2.66. The Balaban J connectivity index is 2.11. The van der Waals surface area contributed by atoms with Crippen molar-refractivity contribution < 1.29 is 8.42 Å². The van der Waals surface area contributed by atoms with Crippen LogP contribution in [0.3, 0.4) is 0 Å². The van der Waals surface area contributed by atoms with E-state index in [0.29, 0.717) is 6.54 Å².